The van der Waals surface area contributed by atoms with Crippen molar-refractivity contribution in [3.8, 4) is 16.8 Å². The molecule has 0 saturated carbocycles. The summed E-state index contributed by atoms with van der Waals surface area (Å²) in [5.41, 5.74) is 16.9. The molecule has 10 nitrogen and oxygen atoms in total. The third-order valence-corrected chi connectivity index (χ3v) is 7.90. The summed E-state index contributed by atoms with van der Waals surface area (Å²) in [4.78, 5) is 34.8. The largest absolute Gasteiger partial charge is 0.383 e. The van der Waals surface area contributed by atoms with E-state index in [9.17, 15) is 9.59 Å². The topological polar surface area (TPSA) is 136 Å². The lowest BCUT2D eigenvalue weighted by Crippen LogP contribution is -2.30. The van der Waals surface area contributed by atoms with Gasteiger partial charge in [0.15, 0.2) is 0 Å². The molecule has 1 unspecified atom stereocenters. The maximum atomic E-state index is 13.5. The second-order valence-electron chi connectivity index (χ2n) is 10.1. The summed E-state index contributed by atoms with van der Waals surface area (Å²) >= 11 is 0. The second kappa shape index (κ2) is 8.95. The Hall–Kier alpha value is -4.70. The molecule has 2 aromatic carbocycles. The molecule has 0 spiro atoms. The predicted molar refractivity (Wildman–Crippen MR) is 147 cm³/mol. The summed E-state index contributed by atoms with van der Waals surface area (Å²) in [6.45, 7) is 1.91. The van der Waals surface area contributed by atoms with E-state index in [0.717, 1.165) is 40.6 Å². The van der Waals surface area contributed by atoms with Crippen LogP contribution in [-0.4, -0.2) is 43.0 Å². The third kappa shape index (κ3) is 3.59. The lowest BCUT2D eigenvalue weighted by molar-refractivity contribution is -0.0215. The number of hydrogen-bond donors (Lipinski definition) is 2. The van der Waals surface area contributed by atoms with Crippen molar-refractivity contribution >= 4 is 22.8 Å². The van der Waals surface area contributed by atoms with Crippen molar-refractivity contribution in [3.63, 3.8) is 0 Å². The van der Waals surface area contributed by atoms with Crippen molar-refractivity contribution < 1.29 is 9.53 Å². The maximum absolute atomic E-state index is 13.5. The first-order valence-electron chi connectivity index (χ1n) is 13.0. The predicted octanol–water partition coefficient (Wildman–Crippen LogP) is 3.23. The first kappa shape index (κ1) is 23.4. The molecule has 0 bridgehead atoms. The summed E-state index contributed by atoms with van der Waals surface area (Å²) in [5.74, 6) is -0.414. The SMILES string of the molecule is NC(=O)c1c2n(n(-c3ccccc3)c1=O)CCCC2c1ccc(-c2cn(C3COC3)c3ncnc(N)c23)cc1. The number of hydrogen-bond acceptors (Lipinski definition) is 6. The Morgan fingerprint density at radius 3 is 2.49 bits per heavy atom. The number of ether oxygens (including phenoxy) is 1. The zero-order valence-electron chi connectivity index (χ0n) is 21.2. The molecule has 1 atom stereocenters. The Morgan fingerprint density at radius 1 is 1.03 bits per heavy atom. The van der Waals surface area contributed by atoms with Crippen LogP contribution in [0.5, 0.6) is 0 Å². The number of nitrogens with zero attached hydrogens (tertiary/aromatic N) is 5. The van der Waals surface area contributed by atoms with Crippen LogP contribution in [0, 0.1) is 0 Å². The average Bonchev–Trinajstić information content (AvgIpc) is 3.44. The van der Waals surface area contributed by atoms with Gasteiger partial charge in [0, 0.05) is 24.2 Å². The average molecular weight is 522 g/mol. The molecular formula is C29H27N7O3. The van der Waals surface area contributed by atoms with E-state index in [0.29, 0.717) is 37.0 Å². The quantitative estimate of drug-likeness (QED) is 0.364. The number of fused-ring (bicyclic) bond motifs is 2. The van der Waals surface area contributed by atoms with Crippen molar-refractivity contribution in [2.24, 2.45) is 5.73 Å². The zero-order valence-corrected chi connectivity index (χ0v) is 21.2. The highest BCUT2D eigenvalue weighted by atomic mass is 16.5. The van der Waals surface area contributed by atoms with Crippen LogP contribution in [-0.2, 0) is 11.3 Å². The normalized spacial score (nSPS) is 17.2. The minimum atomic E-state index is -0.704. The van der Waals surface area contributed by atoms with Crippen LogP contribution in [0.4, 0.5) is 5.82 Å². The number of aromatic nitrogens is 5. The molecule has 10 heteroatoms. The third-order valence-electron chi connectivity index (χ3n) is 7.90. The lowest BCUT2D eigenvalue weighted by Gasteiger charge is -2.27. The van der Waals surface area contributed by atoms with Crippen molar-refractivity contribution in [1.82, 2.24) is 23.9 Å². The van der Waals surface area contributed by atoms with E-state index >= 15 is 0 Å². The van der Waals surface area contributed by atoms with Crippen molar-refractivity contribution in [2.45, 2.75) is 31.3 Å². The van der Waals surface area contributed by atoms with E-state index in [1.165, 1.54) is 6.33 Å². The van der Waals surface area contributed by atoms with Gasteiger partial charge in [-0.25, -0.2) is 14.6 Å². The first-order chi connectivity index (χ1) is 19.0. The number of benzene rings is 2. The highest BCUT2D eigenvalue weighted by Crippen LogP contribution is 2.39. The summed E-state index contributed by atoms with van der Waals surface area (Å²) < 4.78 is 11.0. The lowest BCUT2D eigenvalue weighted by atomic mass is 9.86. The van der Waals surface area contributed by atoms with Gasteiger partial charge in [0.05, 0.1) is 36.0 Å². The molecule has 7 rings (SSSR count). The standard InChI is InChI=1S/C29H27N7O3/c30-26-23-22(13-34(20-14-39-15-20)28(23)33-16-32-26)18-10-8-17(9-11-18)21-7-4-12-35-25(21)24(27(31)37)29(38)36(35)19-5-2-1-3-6-19/h1-3,5-6,8-11,13,16,20-21H,4,7,12,14-15H2,(H2,31,37)(H2,30,32,33). The van der Waals surface area contributed by atoms with E-state index in [4.69, 9.17) is 16.2 Å². The summed E-state index contributed by atoms with van der Waals surface area (Å²) in [6.07, 6.45) is 5.23. The van der Waals surface area contributed by atoms with Crippen molar-refractivity contribution in [1.29, 1.82) is 0 Å². The Balaban J connectivity index is 1.33. The van der Waals surface area contributed by atoms with E-state index in [1.54, 1.807) is 4.68 Å². The molecule has 3 aromatic heterocycles. The van der Waals surface area contributed by atoms with E-state index in [1.807, 2.05) is 47.1 Å². The summed E-state index contributed by atoms with van der Waals surface area (Å²) in [6, 6.07) is 17.8. The van der Waals surface area contributed by atoms with E-state index in [2.05, 4.69) is 32.9 Å². The maximum Gasteiger partial charge on any atom is 0.284 e. The molecule has 1 saturated heterocycles. The van der Waals surface area contributed by atoms with Gasteiger partial charge in [-0.05, 0) is 36.1 Å². The van der Waals surface area contributed by atoms with Gasteiger partial charge in [-0.15, -0.1) is 0 Å². The number of nitrogens with two attached hydrogens (primary N) is 2. The van der Waals surface area contributed by atoms with Gasteiger partial charge < -0.3 is 20.8 Å². The van der Waals surface area contributed by atoms with Gasteiger partial charge in [0.1, 0.15) is 23.4 Å². The Kier molecular flexibility index (Phi) is 5.38. The molecule has 5 aromatic rings. The number of primary amides is 1. The molecule has 1 fully saturated rings. The molecule has 0 radical (unpaired) electrons. The summed E-state index contributed by atoms with van der Waals surface area (Å²) in [5, 5.41) is 0.819. The zero-order chi connectivity index (χ0) is 26.7. The van der Waals surface area contributed by atoms with Crippen molar-refractivity contribution in [3.05, 3.63) is 94.3 Å². The van der Waals surface area contributed by atoms with Gasteiger partial charge in [-0.2, -0.15) is 0 Å². The van der Waals surface area contributed by atoms with Gasteiger partial charge in [-0.1, -0.05) is 42.5 Å². The highest BCUT2D eigenvalue weighted by Gasteiger charge is 2.33. The first-order valence-corrected chi connectivity index (χ1v) is 13.0. The molecule has 39 heavy (non-hydrogen) atoms. The molecular weight excluding hydrogens is 494 g/mol. The number of para-hydroxylation sites is 1. The molecule has 5 heterocycles. The fraction of sp³-hybridized carbons (Fsp3) is 0.241. The Morgan fingerprint density at radius 2 is 1.79 bits per heavy atom. The number of carbonyl (C=O) groups is 1. The number of nitrogen functional groups attached to an aromatic ring is 1. The monoisotopic (exact) mass is 521 g/mol. The fourth-order valence-electron chi connectivity index (χ4n) is 5.98. The summed E-state index contributed by atoms with van der Waals surface area (Å²) in [7, 11) is 0. The van der Waals surface area contributed by atoms with Crippen LogP contribution in [0.15, 0.2) is 71.9 Å². The second-order valence-corrected chi connectivity index (χ2v) is 10.1. The van der Waals surface area contributed by atoms with Gasteiger partial charge in [-0.3, -0.25) is 14.3 Å². The number of amides is 1. The molecule has 2 aliphatic heterocycles. The van der Waals surface area contributed by atoms with Crippen LogP contribution >= 0.6 is 0 Å². The van der Waals surface area contributed by atoms with Crippen molar-refractivity contribution in [2.75, 3.05) is 18.9 Å². The highest BCUT2D eigenvalue weighted by molar-refractivity contribution is 6.00. The minimum absolute atomic E-state index is 0.0586. The molecule has 196 valence electrons. The number of carbonyl (C=O) groups excluding carboxylic acids is 1. The Bertz CT molecular complexity index is 1780. The number of anilines is 1. The van der Waals surface area contributed by atoms with Crippen LogP contribution in [0.1, 0.15) is 46.4 Å². The van der Waals surface area contributed by atoms with Crippen LogP contribution < -0.4 is 17.0 Å². The van der Waals surface area contributed by atoms with Crippen LogP contribution in [0.3, 0.4) is 0 Å². The number of rotatable bonds is 5. The van der Waals surface area contributed by atoms with Crippen LogP contribution in [0.25, 0.3) is 27.8 Å². The fourth-order valence-corrected chi connectivity index (χ4v) is 5.98. The molecule has 0 aliphatic carbocycles. The van der Waals surface area contributed by atoms with E-state index in [-0.39, 0.29) is 23.1 Å². The molecule has 1 amide bonds. The molecule has 4 N–H and O–H groups in total. The van der Waals surface area contributed by atoms with E-state index < -0.39 is 5.91 Å². The van der Waals surface area contributed by atoms with Crippen LogP contribution in [0.2, 0.25) is 0 Å². The molecule has 2 aliphatic rings. The smallest absolute Gasteiger partial charge is 0.284 e. The Labute approximate surface area is 223 Å². The minimum Gasteiger partial charge on any atom is -0.383 e. The van der Waals surface area contributed by atoms with Gasteiger partial charge >= 0.3 is 0 Å². The van der Waals surface area contributed by atoms with Gasteiger partial charge in [0.25, 0.3) is 11.5 Å². The van der Waals surface area contributed by atoms with Gasteiger partial charge in [0.2, 0.25) is 0 Å².